The average Bonchev–Trinajstić information content (AvgIpc) is 2.65. The zero-order chi connectivity index (χ0) is 23.4. The molecule has 0 spiro atoms. The quantitative estimate of drug-likeness (QED) is 0.519. The molecule has 2 rings (SSSR count). The van der Waals surface area contributed by atoms with E-state index in [0.717, 1.165) is 4.31 Å². The van der Waals surface area contributed by atoms with Gasteiger partial charge in [0.15, 0.2) is 5.28 Å². The lowest BCUT2D eigenvalue weighted by molar-refractivity contribution is 0.236. The van der Waals surface area contributed by atoms with Crippen LogP contribution in [0.15, 0.2) is 47.4 Å². The fourth-order valence-electron chi connectivity index (χ4n) is 3.04. The van der Waals surface area contributed by atoms with E-state index in [4.69, 9.17) is 15.2 Å². The number of sulfonamides is 1. The second-order valence-corrected chi connectivity index (χ2v) is 11.1. The minimum absolute atomic E-state index is 0.125. The van der Waals surface area contributed by atoms with Gasteiger partial charge in [-0.05, 0) is 64.4 Å². The number of hydrogen-bond donors (Lipinski definition) is 1. The first-order valence-corrected chi connectivity index (χ1v) is 12.4. The number of ether oxygens (including phenoxy) is 2. The maximum atomic E-state index is 13.8. The molecule has 0 fully saturated rings. The van der Waals surface area contributed by atoms with Gasteiger partial charge in [-0.15, -0.1) is 0 Å². The van der Waals surface area contributed by atoms with Crippen molar-refractivity contribution < 1.29 is 27.0 Å². The van der Waals surface area contributed by atoms with Crippen LogP contribution in [0, 0.1) is 6.92 Å². The molecule has 0 atom stereocenters. The first kappa shape index (κ1) is 24.9. The Kier molecular flexibility index (Phi) is 7.92. The fourth-order valence-corrected chi connectivity index (χ4v) is 5.62. The summed E-state index contributed by atoms with van der Waals surface area (Å²) in [4.78, 5) is -0.125. The number of anilines is 1. The van der Waals surface area contributed by atoms with E-state index in [-0.39, 0.29) is 35.6 Å². The third-order valence-corrected chi connectivity index (χ3v) is 7.60. The minimum Gasteiger partial charge on any atom is -0.492 e. The second kappa shape index (κ2) is 9.85. The Labute approximate surface area is 184 Å². The molecule has 0 heterocycles. The first-order chi connectivity index (χ1) is 14.4. The highest BCUT2D eigenvalue weighted by molar-refractivity contribution is 7.93. The van der Waals surface area contributed by atoms with E-state index in [0.29, 0.717) is 11.3 Å². The van der Waals surface area contributed by atoms with E-state index in [1.54, 1.807) is 51.1 Å². The van der Waals surface area contributed by atoms with Gasteiger partial charge in [-0.1, -0.05) is 12.1 Å². The Morgan fingerprint density at radius 3 is 2.35 bits per heavy atom. The number of benzene rings is 2. The molecule has 0 radical (unpaired) electrons. The summed E-state index contributed by atoms with van der Waals surface area (Å²) in [7, 11) is -7.52. The molecule has 0 aliphatic carbocycles. The van der Waals surface area contributed by atoms with Crippen LogP contribution in [-0.2, 0) is 19.2 Å². The molecule has 8 nitrogen and oxygen atoms in total. The fraction of sp³-hybridized carbons (Fsp3) is 0.429. The van der Waals surface area contributed by atoms with Crippen molar-refractivity contribution in [3.8, 4) is 11.5 Å². The van der Waals surface area contributed by atoms with Crippen LogP contribution in [0.5, 0.6) is 11.5 Å². The third-order valence-electron chi connectivity index (χ3n) is 4.33. The van der Waals surface area contributed by atoms with E-state index < -0.39 is 23.0 Å². The van der Waals surface area contributed by atoms with Gasteiger partial charge in [-0.25, -0.2) is 21.9 Å². The monoisotopic (exact) mass is 468 g/mol. The SMILES string of the molecule is Cc1cc(OCCN)cc(N(C(C)(C)P(=O)=O)S(=O)(=O)c2ccccc2OC(C)C)c1. The van der Waals surface area contributed by atoms with Crippen molar-refractivity contribution in [2.24, 2.45) is 5.73 Å². The molecule has 2 aromatic rings. The van der Waals surface area contributed by atoms with Crippen molar-refractivity contribution in [1.29, 1.82) is 0 Å². The van der Waals surface area contributed by atoms with Gasteiger partial charge < -0.3 is 15.2 Å². The molecule has 31 heavy (non-hydrogen) atoms. The predicted molar refractivity (Wildman–Crippen MR) is 120 cm³/mol. The summed E-state index contributed by atoms with van der Waals surface area (Å²) in [6.07, 6.45) is -0.274. The van der Waals surface area contributed by atoms with Gasteiger partial charge in [-0.3, -0.25) is 0 Å². The van der Waals surface area contributed by atoms with Crippen molar-refractivity contribution in [1.82, 2.24) is 0 Å². The molecule has 0 aliphatic rings. The minimum atomic E-state index is -4.34. The highest BCUT2D eigenvalue weighted by Gasteiger charge is 2.43. The van der Waals surface area contributed by atoms with Gasteiger partial charge in [0.2, 0.25) is 0 Å². The Hall–Kier alpha value is -2.35. The van der Waals surface area contributed by atoms with Crippen molar-refractivity contribution >= 4 is 23.4 Å². The number of aryl methyl sites for hydroxylation is 1. The van der Waals surface area contributed by atoms with E-state index in [1.165, 1.54) is 26.0 Å². The molecule has 170 valence electrons. The highest BCUT2D eigenvalue weighted by atomic mass is 32.2. The van der Waals surface area contributed by atoms with Crippen molar-refractivity contribution in [2.75, 3.05) is 17.5 Å². The van der Waals surface area contributed by atoms with Crippen LogP contribution in [0.3, 0.4) is 0 Å². The van der Waals surface area contributed by atoms with Gasteiger partial charge in [0.1, 0.15) is 23.0 Å². The van der Waals surface area contributed by atoms with E-state index in [9.17, 15) is 17.5 Å². The summed E-state index contributed by atoms with van der Waals surface area (Å²) in [5.41, 5.74) is 6.36. The summed E-state index contributed by atoms with van der Waals surface area (Å²) >= 11 is 0. The molecule has 2 N–H and O–H groups in total. The van der Waals surface area contributed by atoms with Crippen LogP contribution in [0.2, 0.25) is 0 Å². The van der Waals surface area contributed by atoms with Crippen LogP contribution in [-0.4, -0.2) is 33.0 Å². The lowest BCUT2D eigenvalue weighted by Crippen LogP contribution is -2.45. The number of rotatable bonds is 10. The summed E-state index contributed by atoms with van der Waals surface area (Å²) in [5.74, 6) is 0.538. The average molecular weight is 469 g/mol. The smallest absolute Gasteiger partial charge is 0.342 e. The van der Waals surface area contributed by atoms with Crippen LogP contribution >= 0.6 is 7.68 Å². The number of nitrogens with two attached hydrogens (primary N) is 1. The number of para-hydroxylation sites is 1. The highest BCUT2D eigenvalue weighted by Crippen LogP contribution is 2.43. The standard InChI is InChI=1S/C21H29N2O6PS/c1-15(2)29-19-8-6-7-9-20(19)31(26,27)23(21(4,5)30(24)25)17-12-16(3)13-18(14-17)28-11-10-22/h6-9,12-15H,10-11,22H2,1-5H3. The molecular weight excluding hydrogens is 439 g/mol. The first-order valence-electron chi connectivity index (χ1n) is 9.81. The zero-order valence-corrected chi connectivity index (χ0v) is 20.1. The molecule has 0 aliphatic heterocycles. The molecule has 0 saturated carbocycles. The van der Waals surface area contributed by atoms with Crippen molar-refractivity contribution in [3.63, 3.8) is 0 Å². The Bertz CT molecular complexity index is 1090. The van der Waals surface area contributed by atoms with Crippen LogP contribution in [0.1, 0.15) is 33.3 Å². The molecule has 0 saturated heterocycles. The zero-order valence-electron chi connectivity index (χ0n) is 18.4. The van der Waals surface area contributed by atoms with E-state index >= 15 is 0 Å². The molecular formula is C21H29N2O6PS. The number of hydrogen-bond acceptors (Lipinski definition) is 7. The third kappa shape index (κ3) is 5.67. The largest absolute Gasteiger partial charge is 0.492 e. The predicted octanol–water partition coefficient (Wildman–Crippen LogP) is 4.22. The summed E-state index contributed by atoms with van der Waals surface area (Å²) in [6, 6.07) is 11.0. The van der Waals surface area contributed by atoms with E-state index in [2.05, 4.69) is 0 Å². The van der Waals surface area contributed by atoms with Crippen LogP contribution < -0.4 is 19.5 Å². The van der Waals surface area contributed by atoms with Gasteiger partial charge in [0.05, 0.1) is 11.8 Å². The van der Waals surface area contributed by atoms with Gasteiger partial charge in [0, 0.05) is 12.6 Å². The Morgan fingerprint density at radius 2 is 1.77 bits per heavy atom. The normalized spacial score (nSPS) is 12.0. The summed E-state index contributed by atoms with van der Waals surface area (Å²) in [6.45, 7) is 8.52. The number of nitrogens with zero attached hydrogens (tertiary/aromatic N) is 1. The van der Waals surface area contributed by atoms with Crippen molar-refractivity contribution in [2.45, 2.75) is 50.9 Å². The molecule has 0 aromatic heterocycles. The molecule has 0 amide bonds. The van der Waals surface area contributed by atoms with Crippen molar-refractivity contribution in [3.05, 3.63) is 48.0 Å². The topological polar surface area (TPSA) is 116 Å². The van der Waals surface area contributed by atoms with Crippen LogP contribution in [0.4, 0.5) is 5.69 Å². The van der Waals surface area contributed by atoms with Gasteiger partial charge in [0.25, 0.3) is 10.0 Å². The molecule has 0 unspecified atom stereocenters. The van der Waals surface area contributed by atoms with Gasteiger partial charge >= 0.3 is 7.68 Å². The van der Waals surface area contributed by atoms with E-state index in [1.807, 2.05) is 0 Å². The maximum absolute atomic E-state index is 13.8. The summed E-state index contributed by atoms with van der Waals surface area (Å²) in [5, 5.41) is -1.77. The lowest BCUT2D eigenvalue weighted by atomic mass is 10.2. The molecule has 10 heteroatoms. The van der Waals surface area contributed by atoms with Crippen LogP contribution in [0.25, 0.3) is 0 Å². The molecule has 2 aromatic carbocycles. The Morgan fingerprint density at radius 1 is 1.13 bits per heavy atom. The second-order valence-electron chi connectivity index (χ2n) is 7.78. The maximum Gasteiger partial charge on any atom is 0.342 e. The van der Waals surface area contributed by atoms with Gasteiger partial charge in [-0.2, -0.15) is 0 Å². The Balaban J connectivity index is 2.77. The molecule has 0 bridgehead atoms. The lowest BCUT2D eigenvalue weighted by Gasteiger charge is -2.34. The summed E-state index contributed by atoms with van der Waals surface area (Å²) < 4.78 is 64.2.